The maximum absolute atomic E-state index is 12.9. The number of hydrogen-bond donors (Lipinski definition) is 5. The molecule has 0 aromatic carbocycles. The molecular weight excluding hydrogens is 548 g/mol. The Balaban J connectivity index is 1.29. The number of carbonyl (C=O) groups is 1. The van der Waals surface area contributed by atoms with Gasteiger partial charge in [-0.05, 0) is 112 Å². The molecule has 1 heterocycles. The van der Waals surface area contributed by atoms with E-state index in [-0.39, 0.29) is 40.1 Å². The van der Waals surface area contributed by atoms with Crippen molar-refractivity contribution < 1.29 is 39.8 Å². The Morgan fingerprint density at radius 2 is 1.51 bits per heavy atom. The molecular formula is C35H56O8. The van der Waals surface area contributed by atoms with E-state index in [0.717, 1.165) is 44.9 Å². The van der Waals surface area contributed by atoms with Gasteiger partial charge < -0.3 is 35.0 Å². The van der Waals surface area contributed by atoms with Gasteiger partial charge in [-0.3, -0.25) is 4.79 Å². The van der Waals surface area contributed by atoms with Crippen LogP contribution in [0.3, 0.4) is 0 Å². The van der Waals surface area contributed by atoms with E-state index in [1.54, 1.807) is 6.92 Å². The van der Waals surface area contributed by atoms with Crippen molar-refractivity contribution in [3.05, 3.63) is 11.6 Å². The molecule has 4 saturated carbocycles. The predicted octanol–water partition coefficient (Wildman–Crippen LogP) is 4.67. The van der Waals surface area contributed by atoms with Gasteiger partial charge >= 0.3 is 5.97 Å². The Bertz CT molecular complexity index is 1150. The van der Waals surface area contributed by atoms with E-state index in [1.807, 2.05) is 6.92 Å². The summed E-state index contributed by atoms with van der Waals surface area (Å²) >= 11 is 0. The number of allylic oxidation sites excluding steroid dienone is 1. The average Bonchev–Trinajstić information content (AvgIpc) is 2.93. The summed E-state index contributed by atoms with van der Waals surface area (Å²) in [6, 6.07) is 0. The largest absolute Gasteiger partial charge is 0.481 e. The second-order valence-electron chi connectivity index (χ2n) is 16.9. The van der Waals surface area contributed by atoms with Gasteiger partial charge in [0.1, 0.15) is 18.3 Å². The van der Waals surface area contributed by atoms with Crippen molar-refractivity contribution >= 4 is 5.97 Å². The minimum atomic E-state index is -1.31. The number of hydrogen-bond acceptors (Lipinski definition) is 7. The Hall–Kier alpha value is -1.03. The van der Waals surface area contributed by atoms with Gasteiger partial charge in [-0.2, -0.15) is 0 Å². The molecule has 0 aromatic rings. The summed E-state index contributed by atoms with van der Waals surface area (Å²) < 4.78 is 12.3. The van der Waals surface area contributed by atoms with E-state index in [1.165, 1.54) is 5.57 Å². The first-order chi connectivity index (χ1) is 19.9. The highest BCUT2D eigenvalue weighted by molar-refractivity contribution is 5.77. The monoisotopic (exact) mass is 604 g/mol. The van der Waals surface area contributed by atoms with E-state index < -0.39 is 47.7 Å². The van der Waals surface area contributed by atoms with Gasteiger partial charge in [-0.15, -0.1) is 0 Å². The highest BCUT2D eigenvalue weighted by Gasteiger charge is 2.68. The van der Waals surface area contributed by atoms with Gasteiger partial charge in [0.05, 0.1) is 23.2 Å². The Morgan fingerprint density at radius 1 is 0.860 bits per heavy atom. The molecule has 5 aliphatic carbocycles. The van der Waals surface area contributed by atoms with E-state index in [2.05, 4.69) is 40.7 Å². The highest BCUT2D eigenvalue weighted by atomic mass is 16.7. The maximum Gasteiger partial charge on any atom is 0.310 e. The number of carboxylic acids is 1. The molecule has 0 aromatic heterocycles. The second-order valence-corrected chi connectivity index (χ2v) is 16.9. The maximum atomic E-state index is 12.9. The third-order valence-corrected chi connectivity index (χ3v) is 14.7. The molecule has 43 heavy (non-hydrogen) atoms. The molecule has 0 bridgehead atoms. The molecule has 5 fully saturated rings. The Morgan fingerprint density at radius 3 is 2.19 bits per heavy atom. The lowest BCUT2D eigenvalue weighted by molar-refractivity contribution is -0.324. The third kappa shape index (κ3) is 4.32. The number of aliphatic hydroxyl groups is 4. The zero-order valence-electron chi connectivity index (χ0n) is 27.3. The third-order valence-electron chi connectivity index (χ3n) is 14.7. The van der Waals surface area contributed by atoms with E-state index in [0.29, 0.717) is 24.7 Å². The number of aliphatic hydroxyl groups excluding tert-OH is 3. The number of aliphatic carboxylic acids is 1. The van der Waals surface area contributed by atoms with Crippen LogP contribution < -0.4 is 0 Å². The zero-order valence-corrected chi connectivity index (χ0v) is 27.3. The molecule has 0 radical (unpaired) electrons. The minimum absolute atomic E-state index is 0.0267. The SMILES string of the molecule is CC1OC(OC2CCC3(C)C(CCC4(C)C5CCC6(C(=O)O)CCC(C)C(C)(O)C6C5=CCC43)C2(C)C)C(O)C(O)C1O. The van der Waals surface area contributed by atoms with Crippen molar-refractivity contribution in [1.29, 1.82) is 0 Å². The lowest BCUT2D eigenvalue weighted by Gasteiger charge is -2.69. The molecule has 8 nitrogen and oxygen atoms in total. The van der Waals surface area contributed by atoms with Crippen LogP contribution in [-0.4, -0.2) is 73.9 Å². The summed E-state index contributed by atoms with van der Waals surface area (Å²) in [5.74, 6) is 0.0520. The fourth-order valence-electron chi connectivity index (χ4n) is 12.1. The molecule has 6 aliphatic rings. The lowest BCUT2D eigenvalue weighted by atomic mass is 9.36. The summed E-state index contributed by atoms with van der Waals surface area (Å²) in [7, 11) is 0. The first-order valence-electron chi connectivity index (χ1n) is 16.9. The quantitative estimate of drug-likeness (QED) is 0.232. The molecule has 1 aliphatic heterocycles. The number of ether oxygens (including phenoxy) is 2. The standard InChI is InChI=1S/C35H56O8/c1-18-10-16-35(30(39)40)17-11-21-20(28(35)34(18,7)41)8-9-23-32(21,5)14-12-22-31(3,4)24(13-15-33(22,23)6)43-29-27(38)26(37)25(36)19(2)42-29/h8,18-19,21-29,36-38,41H,9-17H2,1-7H3,(H,39,40). The van der Waals surface area contributed by atoms with Crippen molar-refractivity contribution in [2.45, 2.75) is 149 Å². The van der Waals surface area contributed by atoms with Crippen LogP contribution in [0, 0.1) is 51.2 Å². The second kappa shape index (κ2) is 10.2. The van der Waals surface area contributed by atoms with E-state index in [9.17, 15) is 30.3 Å². The molecule has 0 amide bonds. The average molecular weight is 605 g/mol. The number of rotatable bonds is 3. The van der Waals surface area contributed by atoms with Crippen LogP contribution in [0.5, 0.6) is 0 Å². The molecule has 15 atom stereocenters. The van der Waals surface area contributed by atoms with Crippen LogP contribution in [0.25, 0.3) is 0 Å². The normalized spacial score (nSPS) is 56.1. The van der Waals surface area contributed by atoms with Gasteiger partial charge in [0, 0.05) is 5.92 Å². The molecule has 0 spiro atoms. The fraction of sp³-hybridized carbons (Fsp3) is 0.914. The molecule has 6 rings (SSSR count). The summed E-state index contributed by atoms with van der Waals surface area (Å²) in [5, 5.41) is 53.7. The van der Waals surface area contributed by atoms with E-state index in [4.69, 9.17) is 9.47 Å². The first-order valence-corrected chi connectivity index (χ1v) is 16.9. The summed E-state index contributed by atoms with van der Waals surface area (Å²) in [6.45, 7) is 15.1. The van der Waals surface area contributed by atoms with Gasteiger partial charge in [0.15, 0.2) is 6.29 Å². The Labute approximate surface area is 257 Å². The van der Waals surface area contributed by atoms with Crippen LogP contribution >= 0.6 is 0 Å². The molecule has 15 unspecified atom stereocenters. The topological polar surface area (TPSA) is 137 Å². The van der Waals surface area contributed by atoms with Crippen molar-refractivity contribution in [3.8, 4) is 0 Å². The summed E-state index contributed by atoms with van der Waals surface area (Å²) in [5.41, 5.74) is -0.835. The molecule has 5 N–H and O–H groups in total. The van der Waals surface area contributed by atoms with Gasteiger partial charge in [0.2, 0.25) is 0 Å². The van der Waals surface area contributed by atoms with Crippen molar-refractivity contribution in [2.75, 3.05) is 0 Å². The highest BCUT2D eigenvalue weighted by Crippen LogP contribution is 2.72. The van der Waals surface area contributed by atoms with Crippen LogP contribution in [0.15, 0.2) is 11.6 Å². The van der Waals surface area contributed by atoms with Crippen LogP contribution in [0.1, 0.15) is 106 Å². The van der Waals surface area contributed by atoms with Crippen molar-refractivity contribution in [1.82, 2.24) is 0 Å². The summed E-state index contributed by atoms with van der Waals surface area (Å²) in [4.78, 5) is 12.9. The van der Waals surface area contributed by atoms with Crippen LogP contribution in [0.4, 0.5) is 0 Å². The van der Waals surface area contributed by atoms with Crippen LogP contribution in [0.2, 0.25) is 0 Å². The van der Waals surface area contributed by atoms with Gasteiger partial charge in [-0.25, -0.2) is 0 Å². The summed E-state index contributed by atoms with van der Waals surface area (Å²) in [6.07, 6.45) is 4.45. The first kappa shape index (κ1) is 31.9. The predicted molar refractivity (Wildman–Crippen MR) is 161 cm³/mol. The van der Waals surface area contributed by atoms with E-state index >= 15 is 0 Å². The van der Waals surface area contributed by atoms with Crippen molar-refractivity contribution in [2.24, 2.45) is 51.2 Å². The van der Waals surface area contributed by atoms with Crippen LogP contribution in [-0.2, 0) is 14.3 Å². The fourth-order valence-corrected chi connectivity index (χ4v) is 12.1. The number of carboxylic acid groups (broad SMARTS) is 1. The van der Waals surface area contributed by atoms with Gasteiger partial charge in [-0.1, -0.05) is 46.3 Å². The number of fused-ring (bicyclic) bond motifs is 7. The van der Waals surface area contributed by atoms with Crippen molar-refractivity contribution in [3.63, 3.8) is 0 Å². The lowest BCUT2D eigenvalue weighted by Crippen LogP contribution is -2.65. The molecule has 1 saturated heterocycles. The molecule has 8 heteroatoms. The van der Waals surface area contributed by atoms with Gasteiger partial charge in [0.25, 0.3) is 0 Å². The smallest absolute Gasteiger partial charge is 0.310 e. The zero-order chi connectivity index (χ0) is 31.5. The minimum Gasteiger partial charge on any atom is -0.481 e. The Kier molecular flexibility index (Phi) is 7.60. The molecule has 244 valence electrons.